The largest absolute Gasteiger partial charge is 0.495 e. The fraction of sp³-hybridized carbons (Fsp3) is 0.529. The van der Waals surface area contributed by atoms with Crippen molar-refractivity contribution in [1.82, 2.24) is 4.90 Å². The van der Waals surface area contributed by atoms with Crippen LogP contribution in [-0.4, -0.2) is 37.0 Å². The number of nitrogens with two attached hydrogens (primary N) is 1. The second kappa shape index (κ2) is 7.85. The maximum Gasteiger partial charge on any atom is 0.221 e. The Morgan fingerprint density at radius 2 is 2.13 bits per heavy atom. The Labute approximate surface area is 137 Å². The minimum atomic E-state index is -0.133. The summed E-state index contributed by atoms with van der Waals surface area (Å²) in [5.74, 6) is 1.85. The van der Waals surface area contributed by atoms with E-state index < -0.39 is 0 Å². The van der Waals surface area contributed by atoms with Crippen LogP contribution in [0.5, 0.6) is 5.75 Å². The van der Waals surface area contributed by atoms with Crippen LogP contribution in [0.15, 0.2) is 23.2 Å². The number of rotatable bonds is 4. The van der Waals surface area contributed by atoms with E-state index in [-0.39, 0.29) is 5.91 Å². The molecule has 6 heteroatoms. The van der Waals surface area contributed by atoms with E-state index in [0.29, 0.717) is 23.9 Å². The van der Waals surface area contributed by atoms with Crippen molar-refractivity contribution < 1.29 is 9.53 Å². The van der Waals surface area contributed by atoms with Crippen LogP contribution in [0, 0.1) is 5.92 Å². The van der Waals surface area contributed by atoms with Crippen molar-refractivity contribution in [3.05, 3.63) is 23.8 Å². The highest BCUT2D eigenvalue weighted by atomic mass is 16.5. The van der Waals surface area contributed by atoms with Gasteiger partial charge in [0, 0.05) is 20.0 Å². The quantitative estimate of drug-likeness (QED) is 0.659. The number of anilines is 1. The molecule has 0 bridgehead atoms. The second-order valence-electron chi connectivity index (χ2n) is 6.06. The number of benzene rings is 1. The molecule has 1 amide bonds. The van der Waals surface area contributed by atoms with Crippen LogP contribution in [-0.2, 0) is 11.3 Å². The lowest BCUT2D eigenvalue weighted by molar-refractivity contribution is -0.114. The Morgan fingerprint density at radius 3 is 2.74 bits per heavy atom. The van der Waals surface area contributed by atoms with Gasteiger partial charge in [-0.25, -0.2) is 4.99 Å². The maximum atomic E-state index is 11.3. The molecule has 1 aromatic carbocycles. The molecule has 1 aromatic rings. The van der Waals surface area contributed by atoms with Gasteiger partial charge in [0.15, 0.2) is 5.96 Å². The first kappa shape index (κ1) is 17.1. The third kappa shape index (κ3) is 4.87. The van der Waals surface area contributed by atoms with Crippen LogP contribution >= 0.6 is 0 Å². The van der Waals surface area contributed by atoms with E-state index >= 15 is 0 Å². The lowest BCUT2D eigenvalue weighted by Gasteiger charge is -2.31. The first-order valence-corrected chi connectivity index (χ1v) is 7.99. The molecule has 1 fully saturated rings. The molecule has 0 saturated carbocycles. The first-order valence-electron chi connectivity index (χ1n) is 7.99. The fourth-order valence-corrected chi connectivity index (χ4v) is 2.65. The first-order chi connectivity index (χ1) is 11.0. The number of carbonyl (C=O) groups is 1. The molecule has 0 aromatic heterocycles. The van der Waals surface area contributed by atoms with Crippen LogP contribution in [0.1, 0.15) is 32.3 Å². The number of carbonyl (C=O) groups excluding carboxylic acids is 1. The van der Waals surface area contributed by atoms with Gasteiger partial charge in [-0.2, -0.15) is 0 Å². The average Bonchev–Trinajstić information content (AvgIpc) is 2.53. The highest BCUT2D eigenvalue weighted by molar-refractivity contribution is 5.90. The monoisotopic (exact) mass is 318 g/mol. The Morgan fingerprint density at radius 1 is 1.43 bits per heavy atom. The molecule has 0 spiro atoms. The number of likely N-dealkylation sites (tertiary alicyclic amines) is 1. The summed E-state index contributed by atoms with van der Waals surface area (Å²) < 4.78 is 5.25. The molecule has 126 valence electrons. The van der Waals surface area contributed by atoms with Crippen LogP contribution < -0.4 is 15.8 Å². The number of methoxy groups -OCH3 is 1. The molecule has 2 rings (SSSR count). The highest BCUT2D eigenvalue weighted by Gasteiger charge is 2.16. The molecule has 0 unspecified atom stereocenters. The highest BCUT2D eigenvalue weighted by Crippen LogP contribution is 2.26. The van der Waals surface area contributed by atoms with Crippen LogP contribution in [0.3, 0.4) is 0 Å². The molecule has 1 aliphatic heterocycles. The Bertz CT molecular complexity index is 578. The predicted molar refractivity (Wildman–Crippen MR) is 92.6 cm³/mol. The summed E-state index contributed by atoms with van der Waals surface area (Å²) in [7, 11) is 1.58. The van der Waals surface area contributed by atoms with Crippen molar-refractivity contribution in [3.8, 4) is 5.75 Å². The lowest BCUT2D eigenvalue weighted by Crippen LogP contribution is -2.42. The van der Waals surface area contributed by atoms with Gasteiger partial charge in [-0.1, -0.05) is 13.0 Å². The normalized spacial score (nSPS) is 16.3. The average molecular weight is 318 g/mol. The van der Waals surface area contributed by atoms with Crippen LogP contribution in [0.25, 0.3) is 0 Å². The van der Waals surface area contributed by atoms with Gasteiger partial charge in [0.05, 0.1) is 19.3 Å². The van der Waals surface area contributed by atoms with Crippen molar-refractivity contribution in [2.75, 3.05) is 25.5 Å². The Hall–Kier alpha value is -2.24. The molecule has 6 nitrogen and oxygen atoms in total. The Kier molecular flexibility index (Phi) is 5.84. The van der Waals surface area contributed by atoms with Crippen molar-refractivity contribution in [3.63, 3.8) is 0 Å². The number of aliphatic imine (C=N–C) groups is 1. The Balaban J connectivity index is 2.04. The summed E-state index contributed by atoms with van der Waals surface area (Å²) in [6.07, 6.45) is 2.32. The topological polar surface area (TPSA) is 80.0 Å². The smallest absolute Gasteiger partial charge is 0.221 e. The van der Waals surface area contributed by atoms with Gasteiger partial charge in [-0.3, -0.25) is 4.79 Å². The van der Waals surface area contributed by atoms with Crippen LogP contribution in [0.2, 0.25) is 0 Å². The predicted octanol–water partition coefficient (Wildman–Crippen LogP) is 2.20. The number of hydrogen-bond donors (Lipinski definition) is 2. The summed E-state index contributed by atoms with van der Waals surface area (Å²) in [4.78, 5) is 17.9. The number of nitrogens with zero attached hydrogens (tertiary/aromatic N) is 2. The molecule has 1 saturated heterocycles. The summed E-state index contributed by atoms with van der Waals surface area (Å²) in [6, 6.07) is 5.63. The van der Waals surface area contributed by atoms with Gasteiger partial charge in [-0.15, -0.1) is 0 Å². The van der Waals surface area contributed by atoms with Gasteiger partial charge in [-0.05, 0) is 36.5 Å². The van der Waals surface area contributed by atoms with Crippen molar-refractivity contribution in [1.29, 1.82) is 0 Å². The number of amides is 1. The minimum Gasteiger partial charge on any atom is -0.495 e. The molecule has 0 radical (unpaired) electrons. The lowest BCUT2D eigenvalue weighted by atomic mass is 10.00. The van der Waals surface area contributed by atoms with Gasteiger partial charge in [0.25, 0.3) is 0 Å². The minimum absolute atomic E-state index is 0.133. The van der Waals surface area contributed by atoms with Crippen molar-refractivity contribution in [2.24, 2.45) is 16.6 Å². The van der Waals surface area contributed by atoms with Gasteiger partial charge in [0.2, 0.25) is 5.91 Å². The molecule has 0 atom stereocenters. The van der Waals surface area contributed by atoms with E-state index in [4.69, 9.17) is 10.5 Å². The number of piperidine rings is 1. The molecular formula is C17H26N4O2. The standard InChI is InChI=1S/C17H26N4O2/c1-12-6-8-21(9-7-12)17(18)19-11-14-4-5-16(23-3)15(10-14)20-13(2)22/h4-5,10,12H,6-9,11H2,1-3H3,(H2,18,19)(H,20,22). The fourth-order valence-electron chi connectivity index (χ4n) is 2.65. The summed E-state index contributed by atoms with van der Waals surface area (Å²) >= 11 is 0. The zero-order valence-corrected chi connectivity index (χ0v) is 14.1. The molecular weight excluding hydrogens is 292 g/mol. The number of guanidine groups is 1. The van der Waals surface area contributed by atoms with Crippen molar-refractivity contribution >= 4 is 17.6 Å². The van der Waals surface area contributed by atoms with Gasteiger partial charge in [0.1, 0.15) is 5.75 Å². The number of nitrogens with one attached hydrogen (secondary N) is 1. The number of hydrogen-bond acceptors (Lipinski definition) is 3. The van der Waals surface area contributed by atoms with E-state index in [9.17, 15) is 4.79 Å². The van der Waals surface area contributed by atoms with Gasteiger partial charge < -0.3 is 20.7 Å². The van der Waals surface area contributed by atoms with E-state index in [1.165, 1.54) is 6.92 Å². The van der Waals surface area contributed by atoms with Crippen molar-refractivity contribution in [2.45, 2.75) is 33.2 Å². The molecule has 1 aliphatic rings. The van der Waals surface area contributed by atoms with E-state index in [0.717, 1.165) is 37.4 Å². The third-order valence-electron chi connectivity index (χ3n) is 4.11. The van der Waals surface area contributed by atoms with E-state index in [1.807, 2.05) is 18.2 Å². The second-order valence-corrected chi connectivity index (χ2v) is 6.06. The summed E-state index contributed by atoms with van der Waals surface area (Å²) in [5, 5.41) is 2.77. The maximum absolute atomic E-state index is 11.3. The van der Waals surface area contributed by atoms with E-state index in [2.05, 4.69) is 22.1 Å². The van der Waals surface area contributed by atoms with Gasteiger partial charge >= 0.3 is 0 Å². The zero-order valence-electron chi connectivity index (χ0n) is 14.1. The van der Waals surface area contributed by atoms with Crippen LogP contribution in [0.4, 0.5) is 5.69 Å². The molecule has 3 N–H and O–H groups in total. The number of ether oxygens (including phenoxy) is 1. The zero-order chi connectivity index (χ0) is 16.8. The summed E-state index contributed by atoms with van der Waals surface area (Å²) in [5.41, 5.74) is 7.72. The molecule has 0 aliphatic carbocycles. The summed E-state index contributed by atoms with van der Waals surface area (Å²) in [6.45, 7) is 6.16. The SMILES string of the molecule is COc1ccc(CN=C(N)N2CCC(C)CC2)cc1NC(C)=O. The molecule has 23 heavy (non-hydrogen) atoms. The molecule has 1 heterocycles. The van der Waals surface area contributed by atoms with E-state index in [1.54, 1.807) is 7.11 Å². The third-order valence-corrected chi connectivity index (χ3v) is 4.11.